The summed E-state index contributed by atoms with van der Waals surface area (Å²) in [4.78, 5) is 39.0. The van der Waals surface area contributed by atoms with Gasteiger partial charge in [-0.3, -0.25) is 14.4 Å². The average Bonchev–Trinajstić information content (AvgIpc) is 2.90. The summed E-state index contributed by atoms with van der Waals surface area (Å²) in [5.74, 6) is -1.03. The predicted octanol–water partition coefficient (Wildman–Crippen LogP) is 0.733. The molecular formula is C28H36N4O6. The Labute approximate surface area is 222 Å². The van der Waals surface area contributed by atoms with Crippen molar-refractivity contribution in [2.75, 3.05) is 26.3 Å². The minimum absolute atomic E-state index is 0.121. The zero-order valence-corrected chi connectivity index (χ0v) is 21.6. The number of benzene rings is 2. The van der Waals surface area contributed by atoms with E-state index in [0.29, 0.717) is 18.7 Å². The van der Waals surface area contributed by atoms with Crippen molar-refractivity contribution in [2.24, 2.45) is 5.92 Å². The Bertz CT molecular complexity index is 1120. The first-order valence-corrected chi connectivity index (χ1v) is 12.7. The van der Waals surface area contributed by atoms with Crippen LogP contribution in [0.1, 0.15) is 25.0 Å². The monoisotopic (exact) mass is 524 g/mol. The van der Waals surface area contributed by atoms with Crippen molar-refractivity contribution < 1.29 is 29.3 Å². The fourth-order valence-corrected chi connectivity index (χ4v) is 3.98. The lowest BCUT2D eigenvalue weighted by Gasteiger charge is -2.27. The Morgan fingerprint density at radius 2 is 1.68 bits per heavy atom. The molecule has 10 heteroatoms. The van der Waals surface area contributed by atoms with E-state index in [1.54, 1.807) is 44.2 Å². The number of ether oxygens (including phenoxy) is 1. The van der Waals surface area contributed by atoms with Crippen molar-refractivity contribution in [3.63, 3.8) is 0 Å². The van der Waals surface area contributed by atoms with Crippen LogP contribution in [0.25, 0.3) is 6.08 Å². The molecule has 38 heavy (non-hydrogen) atoms. The highest BCUT2D eigenvalue weighted by Crippen LogP contribution is 2.19. The molecule has 0 radical (unpaired) electrons. The van der Waals surface area contributed by atoms with Crippen molar-refractivity contribution in [3.05, 3.63) is 65.7 Å². The third kappa shape index (κ3) is 8.32. The SMILES string of the molecule is CC(C)[C@H]1NC(=O)[C@@H](Cc2ccc(O)cc2)NCCOc2ccccc2/C=C/CNC(=O)[C@H](CO)NC1=O. The Morgan fingerprint density at radius 3 is 2.39 bits per heavy atom. The summed E-state index contributed by atoms with van der Waals surface area (Å²) >= 11 is 0. The molecule has 0 aromatic heterocycles. The fourth-order valence-electron chi connectivity index (χ4n) is 3.98. The average molecular weight is 525 g/mol. The summed E-state index contributed by atoms with van der Waals surface area (Å²) in [6.07, 6.45) is 3.87. The number of aromatic hydroxyl groups is 1. The van der Waals surface area contributed by atoms with Gasteiger partial charge in [-0.1, -0.05) is 56.3 Å². The van der Waals surface area contributed by atoms with Crippen LogP contribution in [0.2, 0.25) is 0 Å². The van der Waals surface area contributed by atoms with Crippen molar-refractivity contribution in [1.82, 2.24) is 21.3 Å². The van der Waals surface area contributed by atoms with Gasteiger partial charge in [-0.15, -0.1) is 0 Å². The van der Waals surface area contributed by atoms with E-state index in [1.165, 1.54) is 0 Å². The van der Waals surface area contributed by atoms with Gasteiger partial charge in [-0.25, -0.2) is 0 Å². The highest BCUT2D eigenvalue weighted by Gasteiger charge is 2.30. The number of amides is 3. The molecule has 0 fully saturated rings. The molecule has 0 saturated heterocycles. The number of rotatable bonds is 4. The van der Waals surface area contributed by atoms with E-state index >= 15 is 0 Å². The normalized spacial score (nSPS) is 22.6. The first-order valence-electron chi connectivity index (χ1n) is 12.7. The van der Waals surface area contributed by atoms with Gasteiger partial charge in [0.1, 0.15) is 30.2 Å². The molecule has 0 bridgehead atoms. The maximum atomic E-state index is 13.4. The molecule has 1 aliphatic heterocycles. The van der Waals surface area contributed by atoms with Crippen LogP contribution in [-0.2, 0) is 20.8 Å². The Kier molecular flexibility index (Phi) is 10.7. The highest BCUT2D eigenvalue weighted by molar-refractivity contribution is 5.93. The number of carbonyl (C=O) groups excluding carboxylic acids is 3. The lowest BCUT2D eigenvalue weighted by atomic mass is 10.0. The first kappa shape index (κ1) is 28.7. The van der Waals surface area contributed by atoms with E-state index in [2.05, 4.69) is 21.3 Å². The van der Waals surface area contributed by atoms with Crippen LogP contribution in [0.3, 0.4) is 0 Å². The third-order valence-corrected chi connectivity index (χ3v) is 6.12. The summed E-state index contributed by atoms with van der Waals surface area (Å²) in [5.41, 5.74) is 1.63. The van der Waals surface area contributed by atoms with Crippen LogP contribution in [0, 0.1) is 5.92 Å². The van der Waals surface area contributed by atoms with Crippen LogP contribution < -0.4 is 26.0 Å². The summed E-state index contributed by atoms with van der Waals surface area (Å²) in [7, 11) is 0. The minimum Gasteiger partial charge on any atom is -0.508 e. The smallest absolute Gasteiger partial charge is 0.245 e. The molecule has 0 unspecified atom stereocenters. The molecule has 3 amide bonds. The molecule has 2 aromatic rings. The fraction of sp³-hybridized carbons (Fsp3) is 0.393. The lowest BCUT2D eigenvalue weighted by molar-refractivity contribution is -0.134. The quantitative estimate of drug-likeness (QED) is 0.345. The van der Waals surface area contributed by atoms with Crippen molar-refractivity contribution in [1.29, 1.82) is 0 Å². The van der Waals surface area contributed by atoms with Crippen LogP contribution in [0.15, 0.2) is 54.6 Å². The molecule has 1 heterocycles. The molecule has 204 valence electrons. The number of phenolic OH excluding ortho intramolecular Hbond substituents is 1. The minimum atomic E-state index is -1.17. The second-order valence-corrected chi connectivity index (χ2v) is 9.39. The van der Waals surface area contributed by atoms with Gasteiger partial charge in [0.05, 0.1) is 12.6 Å². The number of nitrogens with one attached hydrogen (secondary N) is 4. The molecule has 0 aliphatic carbocycles. The van der Waals surface area contributed by atoms with Crippen LogP contribution in [0.5, 0.6) is 11.5 Å². The van der Waals surface area contributed by atoms with Gasteiger partial charge in [0, 0.05) is 18.7 Å². The number of fused-ring (bicyclic) bond motifs is 1. The van der Waals surface area contributed by atoms with E-state index in [9.17, 15) is 24.6 Å². The van der Waals surface area contributed by atoms with E-state index in [-0.39, 0.29) is 24.8 Å². The van der Waals surface area contributed by atoms with Gasteiger partial charge in [-0.05, 0) is 36.1 Å². The molecule has 10 nitrogen and oxygen atoms in total. The number of aliphatic hydroxyl groups excluding tert-OH is 1. The van der Waals surface area contributed by atoms with Crippen molar-refractivity contribution in [2.45, 2.75) is 38.4 Å². The highest BCUT2D eigenvalue weighted by atomic mass is 16.5. The zero-order chi connectivity index (χ0) is 27.5. The Hall–Kier alpha value is -3.89. The first-order chi connectivity index (χ1) is 18.3. The summed E-state index contributed by atoms with van der Waals surface area (Å²) < 4.78 is 5.95. The van der Waals surface area contributed by atoms with Gasteiger partial charge in [-0.2, -0.15) is 0 Å². The molecular weight excluding hydrogens is 488 g/mol. The zero-order valence-electron chi connectivity index (χ0n) is 21.6. The molecule has 6 N–H and O–H groups in total. The number of carbonyl (C=O) groups is 3. The molecule has 1 aliphatic rings. The lowest BCUT2D eigenvalue weighted by Crippen LogP contribution is -2.59. The van der Waals surface area contributed by atoms with Gasteiger partial charge < -0.3 is 36.2 Å². The topological polar surface area (TPSA) is 149 Å². The maximum absolute atomic E-state index is 13.4. The number of hydrogen-bond donors (Lipinski definition) is 6. The van der Waals surface area contributed by atoms with Crippen LogP contribution in [-0.4, -0.2) is 72.4 Å². The molecule has 2 aromatic carbocycles. The van der Waals surface area contributed by atoms with Gasteiger partial charge >= 0.3 is 0 Å². The summed E-state index contributed by atoms with van der Waals surface area (Å²) in [6, 6.07) is 11.2. The van der Waals surface area contributed by atoms with E-state index in [0.717, 1.165) is 11.1 Å². The largest absolute Gasteiger partial charge is 0.508 e. The van der Waals surface area contributed by atoms with Crippen molar-refractivity contribution >= 4 is 23.8 Å². The second-order valence-electron chi connectivity index (χ2n) is 9.39. The Morgan fingerprint density at radius 1 is 0.947 bits per heavy atom. The van der Waals surface area contributed by atoms with E-state index in [4.69, 9.17) is 4.74 Å². The Balaban J connectivity index is 1.86. The molecule has 0 spiro atoms. The van der Waals surface area contributed by atoms with Crippen LogP contribution >= 0.6 is 0 Å². The molecule has 0 saturated carbocycles. The molecule has 3 atom stereocenters. The maximum Gasteiger partial charge on any atom is 0.245 e. The van der Waals surface area contributed by atoms with Gasteiger partial charge in [0.15, 0.2) is 0 Å². The number of phenols is 1. The number of hydrogen-bond acceptors (Lipinski definition) is 7. The van der Waals surface area contributed by atoms with E-state index in [1.807, 2.05) is 30.3 Å². The van der Waals surface area contributed by atoms with Crippen LogP contribution in [0.4, 0.5) is 0 Å². The summed E-state index contributed by atoms with van der Waals surface area (Å²) in [5, 5.41) is 30.6. The predicted molar refractivity (Wildman–Crippen MR) is 143 cm³/mol. The van der Waals surface area contributed by atoms with Gasteiger partial charge in [0.25, 0.3) is 0 Å². The van der Waals surface area contributed by atoms with Crippen molar-refractivity contribution in [3.8, 4) is 11.5 Å². The molecule has 3 rings (SSSR count). The number of para-hydroxylation sites is 1. The summed E-state index contributed by atoms with van der Waals surface area (Å²) in [6.45, 7) is 3.79. The van der Waals surface area contributed by atoms with E-state index < -0.39 is 42.5 Å². The third-order valence-electron chi connectivity index (χ3n) is 6.12. The number of aliphatic hydroxyl groups is 1. The second kappa shape index (κ2) is 14.2. The standard InChI is InChI=1S/C28H36N4O6/c1-18(2)25-28(37)31-23(17-33)26(35)30-13-5-7-20-6-3-4-8-24(20)38-15-14-29-22(27(36)32-25)16-19-9-11-21(34)12-10-19/h3-12,18,22-23,25,29,33-34H,13-17H2,1-2H3,(H,30,35)(H,31,37)(H,32,36)/b7-5+/t22-,23+,25-/m1/s1. The van der Waals surface area contributed by atoms with Gasteiger partial charge in [0.2, 0.25) is 17.7 Å².